The monoisotopic (exact) mass is 288 g/mol. The van der Waals surface area contributed by atoms with Gasteiger partial charge in [0.2, 0.25) is 0 Å². The quantitative estimate of drug-likeness (QED) is 0.785. The van der Waals surface area contributed by atoms with Crippen LogP contribution in [0.2, 0.25) is 0 Å². The van der Waals surface area contributed by atoms with E-state index in [2.05, 4.69) is 4.98 Å². The average Bonchev–Trinajstić information content (AvgIpc) is 2.45. The molecule has 1 aromatic heterocycles. The number of ether oxygens (including phenoxy) is 1. The molecule has 0 aromatic carbocycles. The summed E-state index contributed by atoms with van der Waals surface area (Å²) in [5, 5.41) is 0. The van der Waals surface area contributed by atoms with Gasteiger partial charge in [0.05, 0.1) is 18.8 Å². The number of carbonyl (C=O) groups is 2. The van der Waals surface area contributed by atoms with Crippen LogP contribution >= 0.6 is 0 Å². The van der Waals surface area contributed by atoms with Crippen LogP contribution in [0.5, 0.6) is 0 Å². The molecule has 112 valence electrons. The molecule has 2 rings (SSSR count). The lowest BCUT2D eigenvalue weighted by Crippen LogP contribution is -2.50. The Labute approximate surface area is 124 Å². The number of amides is 1. The molecule has 0 atom stereocenters. The Bertz CT molecular complexity index is 564. The first-order chi connectivity index (χ1) is 9.94. The molecular formula is C16H20N2O3. The van der Waals surface area contributed by atoms with E-state index < -0.39 is 5.41 Å². The summed E-state index contributed by atoms with van der Waals surface area (Å²) in [7, 11) is 0. The molecule has 0 aliphatic carbocycles. The van der Waals surface area contributed by atoms with Gasteiger partial charge < -0.3 is 9.64 Å². The predicted octanol–water partition coefficient (Wildman–Crippen LogP) is 2.53. The predicted molar refractivity (Wildman–Crippen MR) is 79.6 cm³/mol. The van der Waals surface area contributed by atoms with Crippen LogP contribution in [0, 0.1) is 5.41 Å². The molecule has 1 aromatic rings. The lowest BCUT2D eigenvalue weighted by Gasteiger charge is -2.37. The summed E-state index contributed by atoms with van der Waals surface area (Å²) in [4.78, 5) is 30.2. The fourth-order valence-electron chi connectivity index (χ4n) is 2.41. The van der Waals surface area contributed by atoms with E-state index in [0.29, 0.717) is 24.4 Å². The van der Waals surface area contributed by atoms with Crippen molar-refractivity contribution in [2.45, 2.75) is 20.8 Å². The second-order valence-corrected chi connectivity index (χ2v) is 5.69. The highest BCUT2D eigenvalue weighted by molar-refractivity contribution is 6.04. The van der Waals surface area contributed by atoms with Gasteiger partial charge in [0.15, 0.2) is 5.78 Å². The van der Waals surface area contributed by atoms with Gasteiger partial charge >= 0.3 is 6.09 Å². The first-order valence-corrected chi connectivity index (χ1v) is 7.02. The molecular weight excluding hydrogens is 268 g/mol. The summed E-state index contributed by atoms with van der Waals surface area (Å²) in [6.07, 6.45) is 3.04. The Hall–Kier alpha value is -2.17. The summed E-state index contributed by atoms with van der Waals surface area (Å²) >= 11 is 0. The largest absolute Gasteiger partial charge is 0.450 e. The summed E-state index contributed by atoms with van der Waals surface area (Å²) in [6.45, 7) is 6.40. The zero-order valence-corrected chi connectivity index (χ0v) is 12.6. The van der Waals surface area contributed by atoms with Crippen LogP contribution in [0.1, 0.15) is 26.5 Å². The van der Waals surface area contributed by atoms with Gasteiger partial charge in [-0.1, -0.05) is 19.9 Å². The maximum absolute atomic E-state index is 12.5. The topological polar surface area (TPSA) is 59.5 Å². The van der Waals surface area contributed by atoms with Crippen molar-refractivity contribution >= 4 is 18.0 Å². The van der Waals surface area contributed by atoms with Gasteiger partial charge in [-0.3, -0.25) is 9.78 Å². The van der Waals surface area contributed by atoms with Gasteiger partial charge in [-0.2, -0.15) is 0 Å². The number of aromatic nitrogens is 1. The number of hydrogen-bond acceptors (Lipinski definition) is 4. The molecule has 1 aliphatic heterocycles. The lowest BCUT2D eigenvalue weighted by molar-refractivity contribution is -0.126. The second-order valence-electron chi connectivity index (χ2n) is 5.69. The first kappa shape index (κ1) is 15.2. The number of rotatable bonds is 2. The van der Waals surface area contributed by atoms with E-state index in [0.717, 1.165) is 0 Å². The summed E-state index contributed by atoms with van der Waals surface area (Å²) < 4.78 is 5.04. The highest BCUT2D eigenvalue weighted by Gasteiger charge is 2.39. The third-order valence-electron chi connectivity index (χ3n) is 3.39. The number of nitrogens with zero attached hydrogens (tertiary/aromatic N) is 2. The van der Waals surface area contributed by atoms with Gasteiger partial charge in [-0.05, 0) is 25.1 Å². The molecule has 2 heterocycles. The average molecular weight is 288 g/mol. The Morgan fingerprint density at radius 1 is 1.48 bits per heavy atom. The van der Waals surface area contributed by atoms with Gasteiger partial charge in [0.25, 0.3) is 0 Å². The Balaban J connectivity index is 2.29. The van der Waals surface area contributed by atoms with Gasteiger partial charge in [-0.15, -0.1) is 0 Å². The van der Waals surface area contributed by atoms with Crippen molar-refractivity contribution in [1.82, 2.24) is 9.88 Å². The zero-order valence-electron chi connectivity index (χ0n) is 12.6. The highest BCUT2D eigenvalue weighted by atomic mass is 16.6. The normalized spacial score (nSPS) is 19.7. The third-order valence-corrected chi connectivity index (χ3v) is 3.39. The lowest BCUT2D eigenvalue weighted by atomic mass is 9.80. The van der Waals surface area contributed by atoms with E-state index in [4.69, 9.17) is 4.74 Å². The van der Waals surface area contributed by atoms with E-state index in [1.807, 2.05) is 32.0 Å². The number of Topliss-reactive ketones (excluding diaryl/α,β-unsaturated/α-hetero) is 1. The van der Waals surface area contributed by atoms with Crippen LogP contribution in [-0.2, 0) is 9.53 Å². The number of pyridine rings is 1. The van der Waals surface area contributed by atoms with Crippen LogP contribution in [0.4, 0.5) is 4.79 Å². The van der Waals surface area contributed by atoms with Gasteiger partial charge in [0, 0.05) is 23.7 Å². The third kappa shape index (κ3) is 3.48. The van der Waals surface area contributed by atoms with Crippen LogP contribution in [-0.4, -0.2) is 41.5 Å². The molecule has 0 bridgehead atoms. The molecule has 1 amide bonds. The maximum Gasteiger partial charge on any atom is 0.410 e. The smallest absolute Gasteiger partial charge is 0.410 e. The molecule has 5 heteroatoms. The molecule has 0 radical (unpaired) electrons. The van der Waals surface area contributed by atoms with E-state index >= 15 is 0 Å². The van der Waals surface area contributed by atoms with Crippen LogP contribution in [0.25, 0.3) is 6.08 Å². The van der Waals surface area contributed by atoms with E-state index in [-0.39, 0.29) is 18.4 Å². The van der Waals surface area contributed by atoms with E-state index in [9.17, 15) is 9.59 Å². The standard InChI is InChI=1S/C16H20N2O3/c1-4-21-15(20)18-10-12(14(19)16(2,3)11-18)9-13-7-5-6-8-17-13/h5-9H,4,10-11H2,1-3H3. The van der Waals surface area contributed by atoms with Crippen LogP contribution in [0.3, 0.4) is 0 Å². The first-order valence-electron chi connectivity index (χ1n) is 7.02. The number of ketones is 1. The molecule has 1 saturated heterocycles. The van der Waals surface area contributed by atoms with E-state index in [1.165, 1.54) is 0 Å². The summed E-state index contributed by atoms with van der Waals surface area (Å²) in [6, 6.07) is 5.51. The summed E-state index contributed by atoms with van der Waals surface area (Å²) in [5.74, 6) is 0.0497. The molecule has 1 fully saturated rings. The number of piperidine rings is 1. The molecule has 1 aliphatic rings. The summed E-state index contributed by atoms with van der Waals surface area (Å²) in [5.41, 5.74) is 0.673. The van der Waals surface area contributed by atoms with Crippen LogP contribution in [0.15, 0.2) is 30.0 Å². The second kappa shape index (κ2) is 6.08. The highest BCUT2D eigenvalue weighted by Crippen LogP contribution is 2.29. The Morgan fingerprint density at radius 3 is 2.86 bits per heavy atom. The van der Waals surface area contributed by atoms with Crippen LogP contribution < -0.4 is 0 Å². The van der Waals surface area contributed by atoms with Crippen molar-refractivity contribution in [2.75, 3.05) is 19.7 Å². The fraction of sp³-hybridized carbons (Fsp3) is 0.438. The molecule has 21 heavy (non-hydrogen) atoms. The fourth-order valence-corrected chi connectivity index (χ4v) is 2.41. The van der Waals surface area contributed by atoms with Crippen molar-refractivity contribution in [3.05, 3.63) is 35.7 Å². The van der Waals surface area contributed by atoms with Crippen molar-refractivity contribution in [1.29, 1.82) is 0 Å². The molecule has 0 unspecified atom stereocenters. The van der Waals surface area contributed by atoms with Crippen molar-refractivity contribution in [3.8, 4) is 0 Å². The number of likely N-dealkylation sites (tertiary alicyclic amines) is 1. The Kier molecular flexibility index (Phi) is 4.40. The maximum atomic E-state index is 12.5. The van der Waals surface area contributed by atoms with E-state index in [1.54, 1.807) is 24.1 Å². The SMILES string of the molecule is CCOC(=O)N1CC(=Cc2ccccn2)C(=O)C(C)(C)C1. The molecule has 5 nitrogen and oxygen atoms in total. The number of hydrogen-bond donors (Lipinski definition) is 0. The minimum absolute atomic E-state index is 0.0497. The van der Waals surface area contributed by atoms with Gasteiger partial charge in [-0.25, -0.2) is 4.79 Å². The van der Waals surface area contributed by atoms with Crippen molar-refractivity contribution in [2.24, 2.45) is 5.41 Å². The minimum atomic E-state index is -0.619. The molecule has 0 N–H and O–H groups in total. The number of carbonyl (C=O) groups excluding carboxylic acids is 2. The molecule has 0 saturated carbocycles. The van der Waals surface area contributed by atoms with Crippen molar-refractivity contribution < 1.29 is 14.3 Å². The molecule has 0 spiro atoms. The minimum Gasteiger partial charge on any atom is -0.450 e. The Morgan fingerprint density at radius 2 is 2.24 bits per heavy atom. The van der Waals surface area contributed by atoms with Gasteiger partial charge in [0.1, 0.15) is 0 Å². The zero-order chi connectivity index (χ0) is 15.5. The van der Waals surface area contributed by atoms with Crippen molar-refractivity contribution in [3.63, 3.8) is 0 Å².